The molecule has 114 valence electrons. The lowest BCUT2D eigenvalue weighted by atomic mass is 9.96. The van der Waals surface area contributed by atoms with Crippen molar-refractivity contribution < 1.29 is 4.74 Å². The molecule has 2 heteroatoms. The van der Waals surface area contributed by atoms with Gasteiger partial charge in [0, 0.05) is 6.04 Å². The second kappa shape index (κ2) is 7.13. The quantitative estimate of drug-likeness (QED) is 0.738. The Labute approximate surface area is 128 Å². The predicted molar refractivity (Wildman–Crippen MR) is 87.6 cm³/mol. The topological polar surface area (TPSA) is 21.3 Å². The molecule has 1 N–H and O–H groups in total. The molecule has 0 aromatic heterocycles. The summed E-state index contributed by atoms with van der Waals surface area (Å²) in [7, 11) is 1.73. The van der Waals surface area contributed by atoms with Crippen molar-refractivity contribution in [2.24, 2.45) is 5.92 Å². The Morgan fingerprint density at radius 2 is 2.00 bits per heavy atom. The molecule has 1 aromatic rings. The van der Waals surface area contributed by atoms with Gasteiger partial charge in [-0.05, 0) is 75.1 Å². The lowest BCUT2D eigenvalue weighted by molar-refractivity contribution is 0.413. The van der Waals surface area contributed by atoms with Gasteiger partial charge >= 0.3 is 0 Å². The Morgan fingerprint density at radius 3 is 2.62 bits per heavy atom. The van der Waals surface area contributed by atoms with Crippen LogP contribution in [0.2, 0.25) is 0 Å². The standard InChI is InChI=1S/C19H27NO/c1-21-18-11-9-17(10-12-18)19(16-7-8-16)20-14-13-15-5-3-2-4-6-15/h5,9-12,16,19-20H,2-4,6-8,13-14H2,1H3. The average Bonchev–Trinajstić information content (AvgIpc) is 3.38. The van der Waals surface area contributed by atoms with E-state index in [1.165, 1.54) is 50.5 Å². The highest BCUT2D eigenvalue weighted by molar-refractivity contribution is 5.30. The number of methoxy groups -OCH3 is 1. The van der Waals surface area contributed by atoms with Gasteiger partial charge in [-0.15, -0.1) is 0 Å². The van der Waals surface area contributed by atoms with E-state index >= 15 is 0 Å². The molecule has 21 heavy (non-hydrogen) atoms. The van der Waals surface area contributed by atoms with Crippen molar-refractivity contribution in [3.63, 3.8) is 0 Å². The van der Waals surface area contributed by atoms with Gasteiger partial charge in [-0.3, -0.25) is 0 Å². The summed E-state index contributed by atoms with van der Waals surface area (Å²) in [6.07, 6.45) is 11.8. The molecule has 1 unspecified atom stereocenters. The maximum Gasteiger partial charge on any atom is 0.118 e. The number of hydrogen-bond acceptors (Lipinski definition) is 2. The Bertz CT molecular complexity index is 473. The summed E-state index contributed by atoms with van der Waals surface area (Å²) in [6.45, 7) is 1.11. The zero-order valence-electron chi connectivity index (χ0n) is 13.1. The highest BCUT2D eigenvalue weighted by Crippen LogP contribution is 2.41. The summed E-state index contributed by atoms with van der Waals surface area (Å²) in [5, 5.41) is 3.80. The van der Waals surface area contributed by atoms with Crippen molar-refractivity contribution in [3.8, 4) is 5.75 Å². The third-order valence-corrected chi connectivity index (χ3v) is 4.76. The van der Waals surface area contributed by atoms with Gasteiger partial charge < -0.3 is 10.1 Å². The van der Waals surface area contributed by atoms with Crippen LogP contribution in [0.1, 0.15) is 56.6 Å². The van der Waals surface area contributed by atoms with Crippen LogP contribution >= 0.6 is 0 Å². The normalized spacial score (nSPS) is 20.0. The second-order valence-electron chi connectivity index (χ2n) is 6.40. The SMILES string of the molecule is COc1ccc(C(NCCC2=CCCCC2)C2CC2)cc1. The summed E-state index contributed by atoms with van der Waals surface area (Å²) in [5.41, 5.74) is 3.08. The number of benzene rings is 1. The van der Waals surface area contributed by atoms with Crippen molar-refractivity contribution in [2.45, 2.75) is 51.0 Å². The van der Waals surface area contributed by atoms with Gasteiger partial charge in [0.1, 0.15) is 5.75 Å². The highest BCUT2D eigenvalue weighted by Gasteiger charge is 2.31. The van der Waals surface area contributed by atoms with Crippen molar-refractivity contribution in [1.29, 1.82) is 0 Å². The largest absolute Gasteiger partial charge is 0.497 e. The number of rotatable bonds is 7. The zero-order valence-corrected chi connectivity index (χ0v) is 13.1. The van der Waals surface area contributed by atoms with Crippen LogP contribution in [-0.2, 0) is 0 Å². The molecule has 0 spiro atoms. The third kappa shape index (κ3) is 4.10. The zero-order chi connectivity index (χ0) is 14.5. The number of allylic oxidation sites excluding steroid dienone is 1. The lowest BCUT2D eigenvalue weighted by Crippen LogP contribution is -2.24. The fourth-order valence-corrected chi connectivity index (χ4v) is 3.32. The molecule has 0 heterocycles. The summed E-state index contributed by atoms with van der Waals surface area (Å²) in [4.78, 5) is 0. The first-order valence-corrected chi connectivity index (χ1v) is 8.42. The molecule has 1 atom stereocenters. The molecule has 1 saturated carbocycles. The third-order valence-electron chi connectivity index (χ3n) is 4.76. The molecule has 0 bridgehead atoms. The maximum absolute atomic E-state index is 5.26. The van der Waals surface area contributed by atoms with Crippen LogP contribution in [0.4, 0.5) is 0 Å². The molecular weight excluding hydrogens is 258 g/mol. The molecule has 2 aliphatic rings. The fourth-order valence-electron chi connectivity index (χ4n) is 3.32. The van der Waals surface area contributed by atoms with E-state index in [0.29, 0.717) is 6.04 Å². The van der Waals surface area contributed by atoms with Gasteiger partial charge in [-0.2, -0.15) is 0 Å². The first-order chi connectivity index (χ1) is 10.4. The first-order valence-electron chi connectivity index (χ1n) is 8.42. The molecule has 2 aliphatic carbocycles. The molecule has 0 aliphatic heterocycles. The number of hydrogen-bond donors (Lipinski definition) is 1. The smallest absolute Gasteiger partial charge is 0.118 e. The van der Waals surface area contributed by atoms with Crippen LogP contribution in [0.15, 0.2) is 35.9 Å². The van der Waals surface area contributed by atoms with Crippen molar-refractivity contribution in [1.82, 2.24) is 5.32 Å². The molecule has 1 fully saturated rings. The van der Waals surface area contributed by atoms with Crippen LogP contribution in [-0.4, -0.2) is 13.7 Å². The van der Waals surface area contributed by atoms with Crippen molar-refractivity contribution in [2.75, 3.05) is 13.7 Å². The summed E-state index contributed by atoms with van der Waals surface area (Å²) < 4.78 is 5.26. The Hall–Kier alpha value is -1.28. The minimum absolute atomic E-state index is 0.528. The molecular formula is C19H27NO. The van der Waals surface area contributed by atoms with Crippen LogP contribution in [0.5, 0.6) is 5.75 Å². The summed E-state index contributed by atoms with van der Waals surface area (Å²) in [6, 6.07) is 9.12. The van der Waals surface area contributed by atoms with Crippen LogP contribution in [0, 0.1) is 5.92 Å². The van der Waals surface area contributed by atoms with E-state index in [9.17, 15) is 0 Å². The van der Waals surface area contributed by atoms with Gasteiger partial charge in [0.2, 0.25) is 0 Å². The van der Waals surface area contributed by atoms with E-state index in [4.69, 9.17) is 4.74 Å². The van der Waals surface area contributed by atoms with Gasteiger partial charge in [-0.25, -0.2) is 0 Å². The van der Waals surface area contributed by atoms with Crippen LogP contribution in [0.3, 0.4) is 0 Å². The Balaban J connectivity index is 1.55. The fraction of sp³-hybridized carbons (Fsp3) is 0.579. The predicted octanol–water partition coefficient (Wildman–Crippen LogP) is 4.63. The minimum atomic E-state index is 0.528. The van der Waals surface area contributed by atoms with E-state index in [1.54, 1.807) is 12.7 Å². The van der Waals surface area contributed by atoms with Crippen LogP contribution in [0.25, 0.3) is 0 Å². The summed E-state index contributed by atoms with van der Waals surface area (Å²) in [5.74, 6) is 1.78. The maximum atomic E-state index is 5.26. The molecule has 0 saturated heterocycles. The Morgan fingerprint density at radius 1 is 1.19 bits per heavy atom. The first kappa shape index (κ1) is 14.6. The lowest BCUT2D eigenvalue weighted by Gasteiger charge is -2.20. The highest BCUT2D eigenvalue weighted by atomic mass is 16.5. The second-order valence-corrected chi connectivity index (χ2v) is 6.40. The summed E-state index contributed by atoms with van der Waals surface area (Å²) >= 11 is 0. The van der Waals surface area contributed by atoms with Crippen molar-refractivity contribution in [3.05, 3.63) is 41.5 Å². The van der Waals surface area contributed by atoms with E-state index in [0.717, 1.165) is 18.2 Å². The van der Waals surface area contributed by atoms with E-state index in [1.807, 2.05) is 0 Å². The molecule has 0 radical (unpaired) electrons. The molecule has 0 amide bonds. The molecule has 3 rings (SSSR count). The van der Waals surface area contributed by atoms with Crippen molar-refractivity contribution >= 4 is 0 Å². The van der Waals surface area contributed by atoms with Crippen LogP contribution < -0.4 is 10.1 Å². The minimum Gasteiger partial charge on any atom is -0.497 e. The molecule has 1 aromatic carbocycles. The van der Waals surface area contributed by atoms with Gasteiger partial charge in [-0.1, -0.05) is 23.8 Å². The monoisotopic (exact) mass is 285 g/mol. The van der Waals surface area contributed by atoms with Gasteiger partial charge in [0.25, 0.3) is 0 Å². The van der Waals surface area contributed by atoms with Gasteiger partial charge in [0.05, 0.1) is 7.11 Å². The number of ether oxygens (including phenoxy) is 1. The van der Waals surface area contributed by atoms with Gasteiger partial charge in [0.15, 0.2) is 0 Å². The molecule has 2 nitrogen and oxygen atoms in total. The average molecular weight is 285 g/mol. The van der Waals surface area contributed by atoms with E-state index < -0.39 is 0 Å². The van der Waals surface area contributed by atoms with E-state index in [2.05, 4.69) is 35.7 Å². The van der Waals surface area contributed by atoms with E-state index in [-0.39, 0.29) is 0 Å². The number of nitrogens with one attached hydrogen (secondary N) is 1. The Kier molecular flexibility index (Phi) is 4.97.